The average molecular weight is 318 g/mol. The summed E-state index contributed by atoms with van der Waals surface area (Å²) in [5.41, 5.74) is 0.552. The van der Waals surface area contributed by atoms with E-state index < -0.39 is 10.0 Å². The van der Waals surface area contributed by atoms with Crippen molar-refractivity contribution in [2.75, 3.05) is 4.72 Å². The van der Waals surface area contributed by atoms with Crippen LogP contribution in [0.15, 0.2) is 50.5 Å². The van der Waals surface area contributed by atoms with E-state index in [9.17, 15) is 8.42 Å². The second-order valence-corrected chi connectivity index (χ2v) is 6.82. The smallest absolute Gasteiger partial charge is 0.271 e. The molecule has 0 aliphatic carbocycles. The molecule has 0 bridgehead atoms. The van der Waals surface area contributed by atoms with E-state index in [0.29, 0.717) is 9.90 Å². The standard InChI is InChI=1S/C10H8BrNO2S2/c11-8-3-5-9(6-4-8)12-16(13,14)10-2-1-7-15-10/h1-7,12H. The van der Waals surface area contributed by atoms with E-state index in [0.717, 1.165) is 4.47 Å². The first-order valence-electron chi connectivity index (χ1n) is 4.40. The minimum Gasteiger partial charge on any atom is -0.279 e. The molecule has 1 aromatic heterocycles. The molecule has 1 heterocycles. The van der Waals surface area contributed by atoms with Gasteiger partial charge in [-0.15, -0.1) is 11.3 Å². The Hall–Kier alpha value is -0.850. The van der Waals surface area contributed by atoms with Crippen molar-refractivity contribution in [3.8, 4) is 0 Å². The Morgan fingerprint density at radius 1 is 1.12 bits per heavy atom. The molecule has 6 heteroatoms. The summed E-state index contributed by atoms with van der Waals surface area (Å²) in [7, 11) is -3.43. The number of hydrogen-bond acceptors (Lipinski definition) is 3. The van der Waals surface area contributed by atoms with Crippen molar-refractivity contribution in [2.45, 2.75) is 4.21 Å². The van der Waals surface area contributed by atoms with E-state index in [4.69, 9.17) is 0 Å². The van der Waals surface area contributed by atoms with Gasteiger partial charge < -0.3 is 0 Å². The monoisotopic (exact) mass is 317 g/mol. The van der Waals surface area contributed by atoms with Crippen LogP contribution in [0.2, 0.25) is 0 Å². The molecule has 0 atom stereocenters. The SMILES string of the molecule is O=S(=O)(Nc1ccc(Br)cc1)c1cccs1. The van der Waals surface area contributed by atoms with E-state index in [1.165, 1.54) is 11.3 Å². The van der Waals surface area contributed by atoms with E-state index in [2.05, 4.69) is 20.7 Å². The normalized spacial score (nSPS) is 11.3. The molecule has 1 N–H and O–H groups in total. The second-order valence-electron chi connectivity index (χ2n) is 3.04. The highest BCUT2D eigenvalue weighted by molar-refractivity contribution is 9.10. The average Bonchev–Trinajstić information content (AvgIpc) is 2.75. The van der Waals surface area contributed by atoms with Crippen LogP contribution >= 0.6 is 27.3 Å². The number of thiophene rings is 1. The van der Waals surface area contributed by atoms with Crippen LogP contribution in [0.25, 0.3) is 0 Å². The van der Waals surface area contributed by atoms with Gasteiger partial charge in [0.2, 0.25) is 0 Å². The summed E-state index contributed by atoms with van der Waals surface area (Å²) < 4.78 is 27.4. The van der Waals surface area contributed by atoms with Crippen LogP contribution in [0.3, 0.4) is 0 Å². The Kier molecular flexibility index (Phi) is 3.32. The molecule has 0 amide bonds. The summed E-state index contributed by atoms with van der Waals surface area (Å²) in [4.78, 5) is 0. The quantitative estimate of drug-likeness (QED) is 0.944. The van der Waals surface area contributed by atoms with E-state index in [-0.39, 0.29) is 0 Å². The maximum absolute atomic E-state index is 11.8. The number of benzene rings is 1. The van der Waals surface area contributed by atoms with E-state index in [1.807, 2.05) is 0 Å². The molecule has 16 heavy (non-hydrogen) atoms. The zero-order valence-electron chi connectivity index (χ0n) is 8.05. The zero-order valence-corrected chi connectivity index (χ0v) is 11.3. The van der Waals surface area contributed by atoms with E-state index >= 15 is 0 Å². The molecule has 0 saturated carbocycles. The van der Waals surface area contributed by atoms with Crippen LogP contribution in [0.1, 0.15) is 0 Å². The molecule has 2 rings (SSSR count). The lowest BCUT2D eigenvalue weighted by Gasteiger charge is -2.05. The second kappa shape index (κ2) is 4.57. The largest absolute Gasteiger partial charge is 0.279 e. The first-order valence-corrected chi connectivity index (χ1v) is 7.55. The number of nitrogens with one attached hydrogen (secondary N) is 1. The Labute approximate surface area is 106 Å². The minimum absolute atomic E-state index is 0.315. The summed E-state index contributed by atoms with van der Waals surface area (Å²) in [6.45, 7) is 0. The first kappa shape index (κ1) is 11.6. The maximum atomic E-state index is 11.8. The summed E-state index contributed by atoms with van der Waals surface area (Å²) in [5, 5.41) is 1.73. The fraction of sp³-hybridized carbons (Fsp3) is 0. The van der Waals surface area contributed by atoms with Crippen molar-refractivity contribution in [2.24, 2.45) is 0 Å². The predicted molar refractivity (Wildman–Crippen MR) is 69.3 cm³/mol. The lowest BCUT2D eigenvalue weighted by atomic mass is 10.3. The number of rotatable bonds is 3. The van der Waals surface area contributed by atoms with Gasteiger partial charge in [-0.1, -0.05) is 22.0 Å². The molecule has 84 valence electrons. The summed E-state index contributed by atoms with van der Waals surface area (Å²) in [6, 6.07) is 10.3. The van der Waals surface area contributed by atoms with Gasteiger partial charge >= 0.3 is 0 Å². The molecule has 0 saturated heterocycles. The van der Waals surface area contributed by atoms with Crippen molar-refractivity contribution < 1.29 is 8.42 Å². The molecular formula is C10H8BrNO2S2. The van der Waals surface area contributed by atoms with Gasteiger partial charge in [-0.25, -0.2) is 8.42 Å². The maximum Gasteiger partial charge on any atom is 0.271 e. The van der Waals surface area contributed by atoms with Crippen molar-refractivity contribution in [1.29, 1.82) is 0 Å². The Morgan fingerprint density at radius 3 is 2.38 bits per heavy atom. The number of halogens is 1. The number of hydrogen-bond donors (Lipinski definition) is 1. The molecule has 0 spiro atoms. The third kappa shape index (κ3) is 2.63. The van der Waals surface area contributed by atoms with Gasteiger partial charge in [-0.3, -0.25) is 4.72 Å². The molecule has 0 unspecified atom stereocenters. The lowest BCUT2D eigenvalue weighted by Crippen LogP contribution is -2.11. The molecule has 0 aliphatic heterocycles. The van der Waals surface area contributed by atoms with Gasteiger partial charge in [0.05, 0.1) is 0 Å². The van der Waals surface area contributed by atoms with Crippen LogP contribution in [0.4, 0.5) is 5.69 Å². The van der Waals surface area contributed by atoms with Gasteiger partial charge in [0, 0.05) is 10.2 Å². The van der Waals surface area contributed by atoms with Crippen LogP contribution in [0, 0.1) is 0 Å². The van der Waals surface area contributed by atoms with Gasteiger partial charge in [0.15, 0.2) is 0 Å². The van der Waals surface area contributed by atoms with Crippen molar-refractivity contribution >= 4 is 43.0 Å². The summed E-state index contributed by atoms with van der Waals surface area (Å²) >= 11 is 4.48. The Morgan fingerprint density at radius 2 is 1.81 bits per heavy atom. The summed E-state index contributed by atoms with van der Waals surface area (Å²) in [5.74, 6) is 0. The Balaban J connectivity index is 2.25. The first-order chi connectivity index (χ1) is 7.58. The highest BCUT2D eigenvalue weighted by atomic mass is 79.9. The Bertz CT molecular complexity index is 561. The molecule has 1 aromatic carbocycles. The van der Waals surface area contributed by atoms with Crippen molar-refractivity contribution in [3.63, 3.8) is 0 Å². The predicted octanol–water partition coefficient (Wildman–Crippen LogP) is 3.31. The van der Waals surface area contributed by atoms with Crippen LogP contribution in [0.5, 0.6) is 0 Å². The molecule has 3 nitrogen and oxygen atoms in total. The lowest BCUT2D eigenvalue weighted by molar-refractivity contribution is 0.603. The van der Waals surface area contributed by atoms with E-state index in [1.54, 1.807) is 41.8 Å². The van der Waals surface area contributed by atoms with Gasteiger partial charge in [-0.2, -0.15) is 0 Å². The van der Waals surface area contributed by atoms with Crippen molar-refractivity contribution in [3.05, 3.63) is 46.3 Å². The minimum atomic E-state index is -3.43. The molecule has 2 aromatic rings. The number of sulfonamides is 1. The summed E-state index contributed by atoms with van der Waals surface area (Å²) in [6.07, 6.45) is 0. The van der Waals surface area contributed by atoms with Crippen LogP contribution in [-0.4, -0.2) is 8.42 Å². The molecule has 0 fully saturated rings. The molecule has 0 aliphatic rings. The fourth-order valence-corrected chi connectivity index (χ4v) is 3.46. The zero-order chi connectivity index (χ0) is 11.6. The molecular weight excluding hydrogens is 310 g/mol. The topological polar surface area (TPSA) is 46.2 Å². The van der Waals surface area contributed by atoms with Crippen molar-refractivity contribution in [1.82, 2.24) is 0 Å². The third-order valence-corrected chi connectivity index (χ3v) is 5.16. The van der Waals surface area contributed by atoms with Crippen LogP contribution in [-0.2, 0) is 10.0 Å². The number of anilines is 1. The molecule has 0 radical (unpaired) electrons. The van der Waals surface area contributed by atoms with Gasteiger partial charge in [-0.05, 0) is 35.7 Å². The fourth-order valence-electron chi connectivity index (χ4n) is 1.14. The highest BCUT2D eigenvalue weighted by Gasteiger charge is 2.14. The van der Waals surface area contributed by atoms with Gasteiger partial charge in [0.1, 0.15) is 4.21 Å². The van der Waals surface area contributed by atoms with Gasteiger partial charge in [0.25, 0.3) is 10.0 Å². The third-order valence-electron chi connectivity index (χ3n) is 1.86. The van der Waals surface area contributed by atoms with Crippen LogP contribution < -0.4 is 4.72 Å². The highest BCUT2D eigenvalue weighted by Crippen LogP contribution is 2.21.